The summed E-state index contributed by atoms with van der Waals surface area (Å²) >= 11 is 12.0. The van der Waals surface area contributed by atoms with Gasteiger partial charge in [0.1, 0.15) is 10.8 Å². The van der Waals surface area contributed by atoms with Crippen molar-refractivity contribution >= 4 is 29.1 Å². The number of carbonyl (C=O) groups is 1. The van der Waals surface area contributed by atoms with Crippen LogP contribution in [0.5, 0.6) is 11.6 Å². The highest BCUT2D eigenvalue weighted by Crippen LogP contribution is 2.34. The SMILES string of the molecule is C[C@H]1CNCCN1C(=O)c1ccc(Oc2cccc(Cl)c2Cl)nc1. The molecule has 1 aliphatic rings. The number of nitrogens with one attached hydrogen (secondary N) is 1. The zero-order valence-corrected chi connectivity index (χ0v) is 14.6. The topological polar surface area (TPSA) is 54.5 Å². The molecular weight excluding hydrogens is 349 g/mol. The maximum Gasteiger partial charge on any atom is 0.255 e. The lowest BCUT2D eigenvalue weighted by Crippen LogP contribution is -2.52. The van der Waals surface area contributed by atoms with E-state index in [1.807, 2.05) is 11.8 Å². The summed E-state index contributed by atoms with van der Waals surface area (Å²) in [7, 11) is 0. The largest absolute Gasteiger partial charge is 0.437 e. The van der Waals surface area contributed by atoms with Crippen molar-refractivity contribution in [3.8, 4) is 11.6 Å². The van der Waals surface area contributed by atoms with Gasteiger partial charge in [-0.05, 0) is 25.1 Å². The lowest BCUT2D eigenvalue weighted by Gasteiger charge is -2.33. The van der Waals surface area contributed by atoms with E-state index in [2.05, 4.69) is 10.3 Å². The van der Waals surface area contributed by atoms with Gasteiger partial charge in [0.05, 0.1) is 10.6 Å². The number of pyridine rings is 1. The third kappa shape index (κ3) is 3.64. The van der Waals surface area contributed by atoms with Gasteiger partial charge in [-0.2, -0.15) is 0 Å². The van der Waals surface area contributed by atoms with Crippen molar-refractivity contribution in [3.63, 3.8) is 0 Å². The van der Waals surface area contributed by atoms with Crippen LogP contribution >= 0.6 is 23.2 Å². The molecule has 0 saturated carbocycles. The van der Waals surface area contributed by atoms with E-state index in [1.165, 1.54) is 6.20 Å². The fraction of sp³-hybridized carbons (Fsp3) is 0.294. The summed E-state index contributed by atoms with van der Waals surface area (Å²) in [6.07, 6.45) is 1.52. The molecule has 0 bridgehead atoms. The van der Waals surface area contributed by atoms with Crippen molar-refractivity contribution in [2.24, 2.45) is 0 Å². The van der Waals surface area contributed by atoms with Gasteiger partial charge in [-0.25, -0.2) is 4.98 Å². The molecule has 2 heterocycles. The molecular formula is C17H17Cl2N3O2. The van der Waals surface area contributed by atoms with Crippen molar-refractivity contribution in [3.05, 3.63) is 52.1 Å². The predicted molar refractivity (Wildman–Crippen MR) is 94.1 cm³/mol. The summed E-state index contributed by atoms with van der Waals surface area (Å²) in [5.41, 5.74) is 0.535. The lowest BCUT2D eigenvalue weighted by molar-refractivity contribution is 0.0655. The Labute approximate surface area is 150 Å². The summed E-state index contributed by atoms with van der Waals surface area (Å²) in [6, 6.07) is 8.65. The highest BCUT2D eigenvalue weighted by atomic mass is 35.5. The summed E-state index contributed by atoms with van der Waals surface area (Å²) < 4.78 is 5.63. The molecule has 0 spiro atoms. The second-order valence-corrected chi connectivity index (χ2v) is 6.38. The molecule has 0 aliphatic carbocycles. The molecule has 0 radical (unpaired) electrons. The minimum absolute atomic E-state index is 0.0242. The van der Waals surface area contributed by atoms with Crippen molar-refractivity contribution in [1.29, 1.82) is 0 Å². The van der Waals surface area contributed by atoms with Crippen LogP contribution in [-0.2, 0) is 0 Å². The molecule has 1 N–H and O–H groups in total. The Morgan fingerprint density at radius 1 is 1.33 bits per heavy atom. The molecule has 24 heavy (non-hydrogen) atoms. The first-order chi connectivity index (χ1) is 11.6. The average Bonchev–Trinajstić information content (AvgIpc) is 2.59. The minimum Gasteiger partial charge on any atom is -0.437 e. The van der Waals surface area contributed by atoms with Crippen LogP contribution in [0.3, 0.4) is 0 Å². The standard InChI is InChI=1S/C17H17Cl2N3O2/c1-11-9-20-7-8-22(11)17(23)12-5-6-15(21-10-12)24-14-4-2-3-13(18)16(14)19/h2-6,10-11,20H,7-9H2,1H3/t11-/m0/s1. The normalized spacial score (nSPS) is 17.6. The molecule has 1 aromatic heterocycles. The van der Waals surface area contributed by atoms with Crippen LogP contribution < -0.4 is 10.1 Å². The Bertz CT molecular complexity index is 737. The summed E-state index contributed by atoms with van der Waals surface area (Å²) in [6.45, 7) is 4.32. The van der Waals surface area contributed by atoms with Crippen molar-refractivity contribution in [2.45, 2.75) is 13.0 Å². The van der Waals surface area contributed by atoms with E-state index in [0.29, 0.717) is 33.8 Å². The van der Waals surface area contributed by atoms with Crippen molar-refractivity contribution in [1.82, 2.24) is 15.2 Å². The number of benzene rings is 1. The molecule has 0 unspecified atom stereocenters. The fourth-order valence-electron chi connectivity index (χ4n) is 2.55. The summed E-state index contributed by atoms with van der Waals surface area (Å²) in [5, 5.41) is 4.00. The number of hydrogen-bond donors (Lipinski definition) is 1. The lowest BCUT2D eigenvalue weighted by atomic mass is 10.1. The molecule has 1 aromatic carbocycles. The number of rotatable bonds is 3. The quantitative estimate of drug-likeness (QED) is 0.902. The van der Waals surface area contributed by atoms with E-state index >= 15 is 0 Å². The molecule has 1 atom stereocenters. The van der Waals surface area contributed by atoms with Gasteiger partial charge in [-0.15, -0.1) is 0 Å². The third-order valence-corrected chi connectivity index (χ3v) is 4.68. The van der Waals surface area contributed by atoms with Crippen LogP contribution in [0.15, 0.2) is 36.5 Å². The number of nitrogens with zero attached hydrogens (tertiary/aromatic N) is 2. The molecule has 1 aliphatic heterocycles. The summed E-state index contributed by atoms with van der Waals surface area (Å²) in [4.78, 5) is 18.6. The maximum absolute atomic E-state index is 12.6. The maximum atomic E-state index is 12.6. The Morgan fingerprint density at radius 2 is 2.17 bits per heavy atom. The second kappa shape index (κ2) is 7.38. The van der Waals surface area contributed by atoms with E-state index in [9.17, 15) is 4.79 Å². The molecule has 1 amide bonds. The molecule has 5 nitrogen and oxygen atoms in total. The number of halogens is 2. The molecule has 126 valence electrons. The number of carbonyl (C=O) groups excluding carboxylic acids is 1. The number of hydrogen-bond acceptors (Lipinski definition) is 4. The fourth-order valence-corrected chi connectivity index (χ4v) is 2.88. The number of amides is 1. The Morgan fingerprint density at radius 3 is 2.88 bits per heavy atom. The van der Waals surface area contributed by atoms with Crippen LogP contribution in [0.4, 0.5) is 0 Å². The zero-order chi connectivity index (χ0) is 17.1. The van der Waals surface area contributed by atoms with Crippen LogP contribution in [0.25, 0.3) is 0 Å². The minimum atomic E-state index is -0.0242. The Kier molecular flexibility index (Phi) is 5.23. The molecule has 1 saturated heterocycles. The average molecular weight is 366 g/mol. The van der Waals surface area contributed by atoms with Crippen molar-refractivity contribution < 1.29 is 9.53 Å². The van der Waals surface area contributed by atoms with Crippen LogP contribution in [-0.4, -0.2) is 41.5 Å². The van der Waals surface area contributed by atoms with Gasteiger partial charge in [0.2, 0.25) is 5.88 Å². The Balaban J connectivity index is 1.73. The molecule has 1 fully saturated rings. The van der Waals surface area contributed by atoms with Gasteiger partial charge in [-0.1, -0.05) is 29.3 Å². The second-order valence-electron chi connectivity index (χ2n) is 5.59. The van der Waals surface area contributed by atoms with Gasteiger partial charge in [0.15, 0.2) is 0 Å². The van der Waals surface area contributed by atoms with E-state index < -0.39 is 0 Å². The van der Waals surface area contributed by atoms with Gasteiger partial charge >= 0.3 is 0 Å². The number of ether oxygens (including phenoxy) is 1. The van der Waals surface area contributed by atoms with E-state index in [-0.39, 0.29) is 11.9 Å². The first kappa shape index (κ1) is 17.0. The van der Waals surface area contributed by atoms with E-state index in [1.54, 1.807) is 30.3 Å². The van der Waals surface area contributed by atoms with E-state index in [4.69, 9.17) is 27.9 Å². The number of aromatic nitrogens is 1. The third-order valence-electron chi connectivity index (χ3n) is 3.88. The van der Waals surface area contributed by atoms with Gasteiger partial charge in [-0.3, -0.25) is 4.79 Å². The zero-order valence-electron chi connectivity index (χ0n) is 13.1. The smallest absolute Gasteiger partial charge is 0.255 e. The van der Waals surface area contributed by atoms with Crippen LogP contribution in [0.1, 0.15) is 17.3 Å². The Hall–Kier alpha value is -1.82. The monoisotopic (exact) mass is 365 g/mol. The van der Waals surface area contributed by atoms with Crippen LogP contribution in [0, 0.1) is 0 Å². The van der Waals surface area contributed by atoms with Gasteiger partial charge in [0, 0.05) is 37.9 Å². The molecule has 3 rings (SSSR count). The number of piperazine rings is 1. The first-order valence-electron chi connectivity index (χ1n) is 7.66. The summed E-state index contributed by atoms with van der Waals surface area (Å²) in [5.74, 6) is 0.749. The highest BCUT2D eigenvalue weighted by molar-refractivity contribution is 6.42. The van der Waals surface area contributed by atoms with Gasteiger partial charge < -0.3 is 15.0 Å². The highest BCUT2D eigenvalue weighted by Gasteiger charge is 2.24. The predicted octanol–water partition coefficient (Wildman–Crippen LogP) is 3.61. The van der Waals surface area contributed by atoms with Crippen LogP contribution in [0.2, 0.25) is 10.0 Å². The van der Waals surface area contributed by atoms with Crippen molar-refractivity contribution in [2.75, 3.05) is 19.6 Å². The van der Waals surface area contributed by atoms with Gasteiger partial charge in [0.25, 0.3) is 5.91 Å². The molecule has 7 heteroatoms. The van der Waals surface area contributed by atoms with E-state index in [0.717, 1.165) is 13.1 Å². The first-order valence-corrected chi connectivity index (χ1v) is 8.41. The molecule has 2 aromatic rings.